The van der Waals surface area contributed by atoms with Crippen LogP contribution in [-0.2, 0) is 10.0 Å². The predicted octanol–water partition coefficient (Wildman–Crippen LogP) is 2.81. The maximum Gasteiger partial charge on any atom is 0.240 e. The second kappa shape index (κ2) is 7.16. The van der Waals surface area contributed by atoms with Gasteiger partial charge in [-0.2, -0.15) is 0 Å². The van der Waals surface area contributed by atoms with E-state index in [0.717, 1.165) is 30.3 Å². The van der Waals surface area contributed by atoms with Crippen molar-refractivity contribution in [1.29, 1.82) is 0 Å². The van der Waals surface area contributed by atoms with Crippen LogP contribution >= 0.6 is 15.9 Å². The molecule has 0 unspecified atom stereocenters. The van der Waals surface area contributed by atoms with E-state index in [0.29, 0.717) is 12.5 Å². The minimum absolute atomic E-state index is 0.262. The normalized spacial score (nSPS) is 11.7. The van der Waals surface area contributed by atoms with E-state index in [9.17, 15) is 17.2 Å². The van der Waals surface area contributed by atoms with Gasteiger partial charge in [-0.1, -0.05) is 22.4 Å². The van der Waals surface area contributed by atoms with Gasteiger partial charge in [0.1, 0.15) is 0 Å². The van der Waals surface area contributed by atoms with Crippen molar-refractivity contribution in [2.45, 2.75) is 24.2 Å². The van der Waals surface area contributed by atoms with Gasteiger partial charge in [0.15, 0.2) is 11.6 Å². The molecule has 0 saturated carbocycles. The number of hydrogen-bond donors (Lipinski definition) is 1. The number of alkyl halides is 1. The Morgan fingerprint density at radius 2 is 1.83 bits per heavy atom. The largest absolute Gasteiger partial charge is 0.240 e. The summed E-state index contributed by atoms with van der Waals surface area (Å²) in [7, 11) is -3.76. The third-order valence-electron chi connectivity index (χ3n) is 2.30. The Hall–Kier alpha value is -0.530. The average molecular weight is 342 g/mol. The lowest BCUT2D eigenvalue weighted by Gasteiger charge is -2.06. The standard InChI is InChI=1S/C11H14BrF2NO2S/c12-6-2-1-3-7-15-18(16,17)9-4-5-10(13)11(14)8-9/h4-5,8,15H,1-3,6-7H2. The summed E-state index contributed by atoms with van der Waals surface area (Å²) in [6, 6.07) is 2.52. The Balaban J connectivity index is 2.60. The molecule has 1 aromatic rings. The van der Waals surface area contributed by atoms with Crippen molar-refractivity contribution in [3.63, 3.8) is 0 Å². The number of rotatable bonds is 7. The SMILES string of the molecule is O=S(=O)(NCCCCCBr)c1ccc(F)c(F)c1. The van der Waals surface area contributed by atoms with Gasteiger partial charge in [0, 0.05) is 11.9 Å². The quantitative estimate of drug-likeness (QED) is 0.612. The van der Waals surface area contributed by atoms with Gasteiger partial charge in [0.05, 0.1) is 4.90 Å². The van der Waals surface area contributed by atoms with Gasteiger partial charge >= 0.3 is 0 Å². The van der Waals surface area contributed by atoms with Gasteiger partial charge in [0.2, 0.25) is 10.0 Å². The monoisotopic (exact) mass is 341 g/mol. The van der Waals surface area contributed by atoms with Gasteiger partial charge in [-0.3, -0.25) is 0 Å². The number of nitrogens with one attached hydrogen (secondary N) is 1. The topological polar surface area (TPSA) is 46.2 Å². The molecule has 0 spiro atoms. The summed E-state index contributed by atoms with van der Waals surface area (Å²) < 4.78 is 51.4. The smallest absolute Gasteiger partial charge is 0.211 e. The molecule has 18 heavy (non-hydrogen) atoms. The lowest BCUT2D eigenvalue weighted by molar-refractivity contribution is 0.504. The Labute approximate surface area is 114 Å². The Bertz CT molecular complexity index is 494. The van der Waals surface area contributed by atoms with Gasteiger partial charge in [-0.25, -0.2) is 21.9 Å². The van der Waals surface area contributed by atoms with Crippen LogP contribution < -0.4 is 4.72 Å². The maximum absolute atomic E-state index is 12.9. The predicted molar refractivity (Wildman–Crippen MR) is 69.2 cm³/mol. The number of hydrogen-bond acceptors (Lipinski definition) is 2. The first-order valence-corrected chi connectivity index (χ1v) is 8.08. The van der Waals surface area contributed by atoms with Crippen molar-refractivity contribution in [2.24, 2.45) is 0 Å². The van der Waals surface area contributed by atoms with E-state index in [1.807, 2.05) is 0 Å². The van der Waals surface area contributed by atoms with Gasteiger partial charge in [-0.05, 0) is 31.0 Å². The van der Waals surface area contributed by atoms with Crippen molar-refractivity contribution in [2.75, 3.05) is 11.9 Å². The maximum atomic E-state index is 12.9. The number of sulfonamides is 1. The van der Waals surface area contributed by atoms with Crippen molar-refractivity contribution in [3.05, 3.63) is 29.8 Å². The molecule has 1 rings (SSSR count). The van der Waals surface area contributed by atoms with Crippen LogP contribution in [0.4, 0.5) is 8.78 Å². The van der Waals surface area contributed by atoms with Crippen LogP contribution in [0.15, 0.2) is 23.1 Å². The van der Waals surface area contributed by atoms with Gasteiger partial charge in [0.25, 0.3) is 0 Å². The fraction of sp³-hybridized carbons (Fsp3) is 0.455. The highest BCUT2D eigenvalue weighted by Gasteiger charge is 2.15. The number of unbranched alkanes of at least 4 members (excludes halogenated alkanes) is 2. The zero-order valence-electron chi connectivity index (χ0n) is 9.63. The second-order valence-corrected chi connectivity index (χ2v) is 6.28. The summed E-state index contributed by atoms with van der Waals surface area (Å²) in [6.07, 6.45) is 2.56. The minimum Gasteiger partial charge on any atom is -0.211 e. The van der Waals surface area contributed by atoms with E-state index in [1.54, 1.807) is 0 Å². The van der Waals surface area contributed by atoms with E-state index in [1.165, 1.54) is 0 Å². The summed E-state index contributed by atoms with van der Waals surface area (Å²) >= 11 is 3.28. The molecule has 0 amide bonds. The fourth-order valence-electron chi connectivity index (χ4n) is 1.33. The van der Waals surface area contributed by atoms with Crippen molar-refractivity contribution < 1.29 is 17.2 Å². The molecule has 0 heterocycles. The molecule has 0 aliphatic heterocycles. The first-order chi connectivity index (χ1) is 8.47. The highest BCUT2D eigenvalue weighted by atomic mass is 79.9. The lowest BCUT2D eigenvalue weighted by Crippen LogP contribution is -2.25. The van der Waals surface area contributed by atoms with E-state index in [2.05, 4.69) is 20.7 Å². The van der Waals surface area contributed by atoms with Gasteiger partial charge in [-0.15, -0.1) is 0 Å². The zero-order chi connectivity index (χ0) is 13.6. The van der Waals surface area contributed by atoms with E-state index >= 15 is 0 Å². The molecule has 1 N–H and O–H groups in total. The first-order valence-electron chi connectivity index (χ1n) is 5.48. The van der Waals surface area contributed by atoms with Crippen LogP contribution in [0, 0.1) is 11.6 Å². The Kier molecular flexibility index (Phi) is 6.17. The summed E-state index contributed by atoms with van der Waals surface area (Å²) in [5, 5.41) is 0.878. The van der Waals surface area contributed by atoms with Crippen LogP contribution in [0.5, 0.6) is 0 Å². The van der Waals surface area contributed by atoms with Crippen LogP contribution in [0.25, 0.3) is 0 Å². The third kappa shape index (κ3) is 4.62. The van der Waals surface area contributed by atoms with Crippen molar-refractivity contribution >= 4 is 26.0 Å². The summed E-state index contributed by atoms with van der Waals surface area (Å²) in [5.74, 6) is -2.23. The van der Waals surface area contributed by atoms with Crippen molar-refractivity contribution in [1.82, 2.24) is 4.72 Å². The lowest BCUT2D eigenvalue weighted by atomic mass is 10.3. The summed E-state index contributed by atoms with van der Waals surface area (Å²) in [6.45, 7) is 0.286. The Morgan fingerprint density at radius 1 is 1.11 bits per heavy atom. The number of halogens is 3. The van der Waals surface area contributed by atoms with Crippen LogP contribution in [0.1, 0.15) is 19.3 Å². The molecule has 3 nitrogen and oxygen atoms in total. The number of benzene rings is 1. The molecule has 0 aliphatic rings. The van der Waals surface area contributed by atoms with E-state index in [4.69, 9.17) is 0 Å². The summed E-state index contributed by atoms with van der Waals surface area (Å²) in [4.78, 5) is -0.262. The minimum atomic E-state index is -3.76. The molecule has 0 fully saturated rings. The molecular weight excluding hydrogens is 328 g/mol. The van der Waals surface area contributed by atoms with Crippen molar-refractivity contribution in [3.8, 4) is 0 Å². The zero-order valence-corrected chi connectivity index (χ0v) is 12.0. The molecule has 0 aliphatic carbocycles. The molecule has 7 heteroatoms. The first kappa shape index (κ1) is 15.5. The molecule has 0 radical (unpaired) electrons. The molecule has 0 saturated heterocycles. The molecule has 0 aromatic heterocycles. The highest BCUT2D eigenvalue weighted by molar-refractivity contribution is 9.09. The highest BCUT2D eigenvalue weighted by Crippen LogP contribution is 2.13. The van der Waals surface area contributed by atoms with E-state index in [-0.39, 0.29) is 11.4 Å². The molecule has 1 aromatic carbocycles. The fourth-order valence-corrected chi connectivity index (χ4v) is 2.81. The Morgan fingerprint density at radius 3 is 2.44 bits per heavy atom. The van der Waals surface area contributed by atoms with Crippen LogP contribution in [0.2, 0.25) is 0 Å². The molecular formula is C11H14BrF2NO2S. The average Bonchev–Trinajstić information content (AvgIpc) is 2.32. The second-order valence-electron chi connectivity index (χ2n) is 3.72. The summed E-state index contributed by atoms with van der Waals surface area (Å²) in [5.41, 5.74) is 0. The van der Waals surface area contributed by atoms with Crippen LogP contribution in [0.3, 0.4) is 0 Å². The third-order valence-corrected chi connectivity index (χ3v) is 4.32. The molecule has 0 bridgehead atoms. The molecule has 0 atom stereocenters. The van der Waals surface area contributed by atoms with E-state index < -0.39 is 21.7 Å². The van der Waals surface area contributed by atoms with Crippen LogP contribution in [-0.4, -0.2) is 20.3 Å². The van der Waals surface area contributed by atoms with Gasteiger partial charge < -0.3 is 0 Å². The molecule has 102 valence electrons.